The molecule has 0 spiro atoms. The summed E-state index contributed by atoms with van der Waals surface area (Å²) in [5.74, 6) is 0.234. The van der Waals surface area contributed by atoms with Gasteiger partial charge in [-0.3, -0.25) is 0 Å². The fraction of sp³-hybridized carbons (Fsp3) is 0.400. The molecule has 2 aromatic heterocycles. The Balaban J connectivity index is 2.04. The van der Waals surface area contributed by atoms with Crippen LogP contribution in [0, 0.1) is 0 Å². The van der Waals surface area contributed by atoms with Gasteiger partial charge in [0, 0.05) is 0 Å². The average molecular weight is 577 g/mol. The molecule has 0 bridgehead atoms. The number of carbonyl (C=O) groups is 2. The van der Waals surface area contributed by atoms with Crippen LogP contribution in [-0.4, -0.2) is 36.1 Å². The van der Waals surface area contributed by atoms with Gasteiger partial charge >= 0.3 is 215 Å². The average Bonchev–Trinajstić information content (AvgIpc) is 3.48. The Bertz CT molecular complexity index is 1160. The van der Waals surface area contributed by atoms with Crippen LogP contribution in [0.3, 0.4) is 0 Å². The first-order chi connectivity index (χ1) is 16.9. The molecule has 0 radical (unpaired) electrons. The summed E-state index contributed by atoms with van der Waals surface area (Å²) < 4.78 is 7.23. The standard InChI is InChI=1S/C22H22N2O2.2C4H9.Sn/c1-4-5-16-6-8-17(9-7-16)22(20-12-10-18(23-20)14(2)25)21-13-11-19(24-21)15(3)26;2*1-3-4-2;/h4,6-13,22H,1,5H2,2-3H3,(H2,23,24,25,26);2*1,3-4H2,2H3;/q;;;+2/p-2. The number of allylic oxidation sites excluding steroid dienone is 1. The minimum absolute atomic E-state index is 0.00191. The molecule has 0 saturated carbocycles. The molecule has 4 nitrogen and oxygen atoms in total. The normalized spacial score (nSPS) is 14.4. The third-order valence-electron chi connectivity index (χ3n) is 7.52. The molecular weight excluding hydrogens is 539 g/mol. The van der Waals surface area contributed by atoms with Gasteiger partial charge in [0.2, 0.25) is 0 Å². The molecule has 4 rings (SSSR count). The Kier molecular flexibility index (Phi) is 7.89. The Hall–Kier alpha value is -2.34. The summed E-state index contributed by atoms with van der Waals surface area (Å²) in [4.78, 5) is 25.9. The van der Waals surface area contributed by atoms with Crippen LogP contribution >= 0.6 is 0 Å². The van der Waals surface area contributed by atoms with Crippen LogP contribution in [0.25, 0.3) is 0 Å². The van der Waals surface area contributed by atoms with Gasteiger partial charge in [0.25, 0.3) is 0 Å². The summed E-state index contributed by atoms with van der Waals surface area (Å²) in [5.41, 5.74) is 6.55. The minimum atomic E-state index is -3.53. The van der Waals surface area contributed by atoms with E-state index in [2.05, 4.69) is 62.4 Å². The second kappa shape index (κ2) is 10.7. The number of hydrogen-bond acceptors (Lipinski definition) is 2. The Morgan fingerprint density at radius 2 is 1.31 bits per heavy atom. The SMILES string of the molecule is C=CCc1ccc(C2c3ccc(C(C)=O)[n]3[Sn]([CH2]CCC)([CH2]CCC)[n]3c(C(C)=O)ccc32)cc1. The summed E-state index contributed by atoms with van der Waals surface area (Å²) >= 11 is -3.53. The van der Waals surface area contributed by atoms with Crippen molar-refractivity contribution in [1.82, 2.24) is 5.58 Å². The molecule has 0 saturated heterocycles. The van der Waals surface area contributed by atoms with Crippen LogP contribution < -0.4 is 0 Å². The van der Waals surface area contributed by atoms with Gasteiger partial charge in [-0.15, -0.1) is 0 Å². The molecule has 0 N–H and O–H groups in total. The molecule has 0 amide bonds. The maximum absolute atomic E-state index is 13.0. The summed E-state index contributed by atoms with van der Waals surface area (Å²) in [5, 5.41) is 0. The van der Waals surface area contributed by atoms with Crippen LogP contribution in [-0.2, 0) is 6.42 Å². The predicted octanol–water partition coefficient (Wildman–Crippen LogP) is 7.36. The van der Waals surface area contributed by atoms with E-state index in [0.717, 1.165) is 52.4 Å². The molecule has 0 atom stereocenters. The molecule has 3 heterocycles. The van der Waals surface area contributed by atoms with Crippen molar-refractivity contribution < 1.29 is 9.59 Å². The zero-order valence-electron chi connectivity index (χ0n) is 21.6. The second-order valence-electron chi connectivity index (χ2n) is 9.93. The van der Waals surface area contributed by atoms with Crippen LogP contribution in [0.1, 0.15) is 103 Å². The van der Waals surface area contributed by atoms with Gasteiger partial charge in [-0.2, -0.15) is 0 Å². The molecule has 3 aromatic rings. The molecule has 1 aromatic carbocycles. The van der Waals surface area contributed by atoms with E-state index in [-0.39, 0.29) is 17.5 Å². The molecule has 0 fully saturated rings. The number of benzene rings is 1. The van der Waals surface area contributed by atoms with Gasteiger partial charge in [0.05, 0.1) is 0 Å². The number of ketones is 2. The Morgan fingerprint density at radius 3 is 1.71 bits per heavy atom. The molecule has 35 heavy (non-hydrogen) atoms. The number of Topliss-reactive ketones (excluding diaryl/α,β-unsaturated/α-hetero) is 2. The number of hydrogen-bond donors (Lipinski definition) is 0. The van der Waals surface area contributed by atoms with Gasteiger partial charge in [-0.05, 0) is 0 Å². The summed E-state index contributed by atoms with van der Waals surface area (Å²) in [7, 11) is 0. The molecule has 5 heteroatoms. The van der Waals surface area contributed by atoms with Gasteiger partial charge < -0.3 is 0 Å². The monoisotopic (exact) mass is 578 g/mol. The topological polar surface area (TPSA) is 44.0 Å². The first-order valence-electron chi connectivity index (χ1n) is 13.1. The van der Waals surface area contributed by atoms with E-state index in [4.69, 9.17) is 0 Å². The van der Waals surface area contributed by atoms with Crippen molar-refractivity contribution in [2.45, 2.75) is 74.6 Å². The zero-order valence-corrected chi connectivity index (χ0v) is 24.5. The van der Waals surface area contributed by atoms with E-state index in [9.17, 15) is 9.59 Å². The van der Waals surface area contributed by atoms with E-state index in [0.29, 0.717) is 0 Å². The van der Waals surface area contributed by atoms with Crippen LogP contribution in [0.4, 0.5) is 0 Å². The molecule has 1 aliphatic heterocycles. The van der Waals surface area contributed by atoms with Crippen molar-refractivity contribution in [2.75, 3.05) is 0 Å². The third-order valence-corrected chi connectivity index (χ3v) is 21.7. The maximum atomic E-state index is 13.0. The van der Waals surface area contributed by atoms with E-state index in [1.54, 1.807) is 13.8 Å². The van der Waals surface area contributed by atoms with Crippen molar-refractivity contribution in [3.63, 3.8) is 0 Å². The molecule has 0 unspecified atom stereocenters. The number of fused-ring (bicyclic) bond motifs is 2. The number of nitrogens with zero attached hydrogens (tertiary/aromatic N) is 2. The molecule has 184 valence electrons. The van der Waals surface area contributed by atoms with Crippen molar-refractivity contribution in [3.8, 4) is 0 Å². The Morgan fingerprint density at radius 1 is 0.829 bits per heavy atom. The zero-order chi connectivity index (χ0) is 25.2. The predicted molar refractivity (Wildman–Crippen MR) is 146 cm³/mol. The van der Waals surface area contributed by atoms with Gasteiger partial charge in [-0.1, -0.05) is 0 Å². The van der Waals surface area contributed by atoms with Crippen LogP contribution in [0.5, 0.6) is 0 Å². The summed E-state index contributed by atoms with van der Waals surface area (Å²) in [6.45, 7) is 11.7. The van der Waals surface area contributed by atoms with E-state index < -0.39 is 18.9 Å². The number of carbonyl (C=O) groups excluding carboxylic acids is 2. The molecular formula is C30H38N2O2Sn. The molecule has 0 aliphatic carbocycles. The molecule has 1 aliphatic rings. The van der Waals surface area contributed by atoms with Crippen molar-refractivity contribution >= 4 is 30.5 Å². The number of unbranched alkanes of at least 4 members (excludes halogenated alkanes) is 2. The van der Waals surface area contributed by atoms with E-state index in [1.165, 1.54) is 22.5 Å². The van der Waals surface area contributed by atoms with Crippen molar-refractivity contribution in [2.24, 2.45) is 0 Å². The van der Waals surface area contributed by atoms with Crippen LogP contribution in [0.15, 0.2) is 61.2 Å². The van der Waals surface area contributed by atoms with E-state index in [1.807, 2.05) is 18.2 Å². The van der Waals surface area contributed by atoms with Crippen molar-refractivity contribution in [3.05, 3.63) is 95.1 Å². The van der Waals surface area contributed by atoms with Gasteiger partial charge in [0.1, 0.15) is 0 Å². The van der Waals surface area contributed by atoms with Crippen molar-refractivity contribution in [1.29, 1.82) is 0 Å². The van der Waals surface area contributed by atoms with Gasteiger partial charge in [0.15, 0.2) is 0 Å². The fourth-order valence-corrected chi connectivity index (χ4v) is 22.8. The summed E-state index contributed by atoms with van der Waals surface area (Å²) in [6, 6.07) is 17.2. The third kappa shape index (κ3) is 4.50. The number of aromatic nitrogens is 2. The number of rotatable bonds is 11. The quantitative estimate of drug-likeness (QED) is 0.136. The Labute approximate surface area is 214 Å². The van der Waals surface area contributed by atoms with E-state index >= 15 is 0 Å². The first kappa shape index (κ1) is 25.7. The fourth-order valence-electron chi connectivity index (χ4n) is 5.93. The summed E-state index contributed by atoms with van der Waals surface area (Å²) in [6.07, 6.45) is 7.21. The second-order valence-corrected chi connectivity index (χ2v) is 20.9. The van der Waals surface area contributed by atoms with Gasteiger partial charge in [-0.25, -0.2) is 0 Å². The van der Waals surface area contributed by atoms with Crippen LogP contribution in [0.2, 0.25) is 8.87 Å². The first-order valence-corrected chi connectivity index (χ1v) is 19.6.